The molecule has 1 heterocycles. The largest absolute Gasteiger partial charge is 0.493 e. The summed E-state index contributed by atoms with van der Waals surface area (Å²) in [6.07, 6.45) is 7.32. The molecule has 0 unspecified atom stereocenters. The highest BCUT2D eigenvalue weighted by Crippen LogP contribution is 2.29. The summed E-state index contributed by atoms with van der Waals surface area (Å²) < 4.78 is 21.1. The molecule has 0 saturated carbocycles. The highest BCUT2D eigenvalue weighted by molar-refractivity contribution is 5.93. The van der Waals surface area contributed by atoms with Crippen molar-refractivity contribution in [1.29, 1.82) is 0 Å². The molecule has 1 aliphatic rings. The molecule has 1 aliphatic heterocycles. The lowest BCUT2D eigenvalue weighted by Crippen LogP contribution is -2.36. The van der Waals surface area contributed by atoms with Crippen LogP contribution in [0.2, 0.25) is 0 Å². The molecule has 8 nitrogen and oxygen atoms in total. The van der Waals surface area contributed by atoms with Crippen LogP contribution in [0, 0.1) is 0 Å². The van der Waals surface area contributed by atoms with Crippen molar-refractivity contribution in [3.8, 4) is 23.0 Å². The Labute approximate surface area is 206 Å². The molecule has 186 valence electrons. The number of nitrogens with zero attached hydrogens (tertiary/aromatic N) is 2. The number of hydrogen-bond donors (Lipinski definition) is 0. The van der Waals surface area contributed by atoms with Gasteiger partial charge in [0.05, 0.1) is 28.4 Å². The van der Waals surface area contributed by atoms with Crippen LogP contribution in [-0.2, 0) is 9.59 Å². The second-order valence-electron chi connectivity index (χ2n) is 7.90. The lowest BCUT2D eigenvalue weighted by Gasteiger charge is -2.20. The van der Waals surface area contributed by atoms with Gasteiger partial charge in [-0.05, 0) is 54.0 Å². The van der Waals surface area contributed by atoms with Crippen molar-refractivity contribution < 1.29 is 28.5 Å². The minimum Gasteiger partial charge on any atom is -0.493 e. The molecule has 0 aliphatic carbocycles. The quantitative estimate of drug-likeness (QED) is 0.538. The number of carbonyl (C=O) groups excluding carboxylic acids is 2. The van der Waals surface area contributed by atoms with Gasteiger partial charge in [0, 0.05) is 38.3 Å². The van der Waals surface area contributed by atoms with Crippen LogP contribution in [0.3, 0.4) is 0 Å². The van der Waals surface area contributed by atoms with Crippen LogP contribution in [0.25, 0.3) is 12.2 Å². The molecule has 0 N–H and O–H groups in total. The van der Waals surface area contributed by atoms with Gasteiger partial charge < -0.3 is 28.7 Å². The fourth-order valence-corrected chi connectivity index (χ4v) is 3.82. The van der Waals surface area contributed by atoms with E-state index in [1.54, 1.807) is 74.7 Å². The van der Waals surface area contributed by atoms with Gasteiger partial charge in [-0.3, -0.25) is 9.59 Å². The number of benzene rings is 2. The van der Waals surface area contributed by atoms with Gasteiger partial charge in [0.25, 0.3) is 0 Å². The summed E-state index contributed by atoms with van der Waals surface area (Å²) in [5.74, 6) is 2.30. The summed E-state index contributed by atoms with van der Waals surface area (Å²) in [7, 11) is 6.31. The molecule has 0 radical (unpaired) electrons. The van der Waals surface area contributed by atoms with E-state index in [9.17, 15) is 9.59 Å². The fourth-order valence-electron chi connectivity index (χ4n) is 3.82. The number of rotatable bonds is 8. The maximum atomic E-state index is 12.7. The summed E-state index contributed by atoms with van der Waals surface area (Å²) in [6, 6.07) is 11.0. The van der Waals surface area contributed by atoms with Gasteiger partial charge >= 0.3 is 0 Å². The van der Waals surface area contributed by atoms with Gasteiger partial charge in [-0.15, -0.1) is 0 Å². The summed E-state index contributed by atoms with van der Waals surface area (Å²) in [4.78, 5) is 29.0. The second kappa shape index (κ2) is 12.5. The zero-order valence-corrected chi connectivity index (χ0v) is 20.7. The van der Waals surface area contributed by atoms with Crippen LogP contribution in [0.5, 0.6) is 23.0 Å². The van der Waals surface area contributed by atoms with Crippen molar-refractivity contribution in [3.05, 3.63) is 59.7 Å². The molecule has 2 aromatic rings. The fraction of sp³-hybridized carbons (Fsp3) is 0.333. The van der Waals surface area contributed by atoms with Crippen molar-refractivity contribution in [2.75, 3.05) is 54.6 Å². The van der Waals surface area contributed by atoms with Gasteiger partial charge in [-0.25, -0.2) is 0 Å². The van der Waals surface area contributed by atoms with E-state index >= 15 is 0 Å². The Morgan fingerprint density at radius 1 is 0.629 bits per heavy atom. The van der Waals surface area contributed by atoms with Crippen LogP contribution in [0.1, 0.15) is 17.5 Å². The molecule has 2 amide bonds. The van der Waals surface area contributed by atoms with Crippen molar-refractivity contribution in [1.82, 2.24) is 9.80 Å². The second-order valence-corrected chi connectivity index (χ2v) is 7.90. The molecule has 8 heteroatoms. The predicted molar refractivity (Wildman–Crippen MR) is 135 cm³/mol. The third kappa shape index (κ3) is 6.79. The molecule has 0 bridgehead atoms. The first-order chi connectivity index (χ1) is 17.0. The lowest BCUT2D eigenvalue weighted by molar-refractivity contribution is -0.128. The van der Waals surface area contributed by atoms with E-state index in [1.165, 1.54) is 0 Å². The SMILES string of the molecule is COc1ccc(/C=C\C(=O)N2CCCN(C(=O)/C=C/c3ccc(OC)c(OC)c3)CC2)cc1OC. The zero-order chi connectivity index (χ0) is 25.2. The van der Waals surface area contributed by atoms with Crippen LogP contribution in [0.15, 0.2) is 48.6 Å². The number of amides is 2. The topological polar surface area (TPSA) is 77.5 Å². The van der Waals surface area contributed by atoms with E-state index in [4.69, 9.17) is 18.9 Å². The molecule has 0 spiro atoms. The minimum atomic E-state index is -0.0880. The minimum absolute atomic E-state index is 0.0880. The van der Waals surface area contributed by atoms with E-state index < -0.39 is 0 Å². The Morgan fingerprint density at radius 3 is 1.40 bits per heavy atom. The third-order valence-electron chi connectivity index (χ3n) is 5.77. The first-order valence-corrected chi connectivity index (χ1v) is 11.4. The highest BCUT2D eigenvalue weighted by atomic mass is 16.5. The molecule has 35 heavy (non-hydrogen) atoms. The zero-order valence-electron chi connectivity index (χ0n) is 20.7. The molecule has 1 saturated heterocycles. The van der Waals surface area contributed by atoms with Crippen LogP contribution < -0.4 is 18.9 Å². The standard InChI is InChI=1S/C27H32N2O6/c1-32-22-10-6-20(18-24(22)34-3)8-12-26(30)28-14-5-15-29(17-16-28)27(31)13-9-21-7-11-23(33-2)25(19-21)35-4/h6-13,18-19H,5,14-17H2,1-4H3/b12-8-,13-9+. The Hall–Kier alpha value is -3.94. The monoisotopic (exact) mass is 480 g/mol. The Balaban J connectivity index is 1.57. The maximum Gasteiger partial charge on any atom is 0.246 e. The van der Waals surface area contributed by atoms with Crippen LogP contribution in [-0.4, -0.2) is 76.2 Å². The molecular weight excluding hydrogens is 448 g/mol. The van der Waals surface area contributed by atoms with Crippen LogP contribution >= 0.6 is 0 Å². The van der Waals surface area contributed by atoms with Crippen molar-refractivity contribution >= 4 is 24.0 Å². The first kappa shape index (κ1) is 25.7. The summed E-state index contributed by atoms with van der Waals surface area (Å²) in [5.41, 5.74) is 1.67. The van der Waals surface area contributed by atoms with Crippen molar-refractivity contribution in [3.63, 3.8) is 0 Å². The molecule has 0 aromatic heterocycles. The lowest BCUT2D eigenvalue weighted by atomic mass is 10.2. The first-order valence-electron chi connectivity index (χ1n) is 11.4. The van der Waals surface area contributed by atoms with Crippen molar-refractivity contribution in [2.45, 2.75) is 6.42 Å². The van der Waals surface area contributed by atoms with Crippen molar-refractivity contribution in [2.24, 2.45) is 0 Å². The number of carbonyl (C=O) groups is 2. The number of hydrogen-bond acceptors (Lipinski definition) is 6. The maximum absolute atomic E-state index is 12.7. The summed E-state index contributed by atoms with van der Waals surface area (Å²) in [6.45, 7) is 2.15. The van der Waals surface area contributed by atoms with Gasteiger partial charge in [-0.1, -0.05) is 12.1 Å². The highest BCUT2D eigenvalue weighted by Gasteiger charge is 2.20. The van der Waals surface area contributed by atoms with Gasteiger partial charge in [0.2, 0.25) is 11.8 Å². The summed E-state index contributed by atoms with van der Waals surface area (Å²) >= 11 is 0. The van der Waals surface area contributed by atoms with Gasteiger partial charge in [0.15, 0.2) is 23.0 Å². The van der Waals surface area contributed by atoms with E-state index in [0.717, 1.165) is 11.1 Å². The van der Waals surface area contributed by atoms with E-state index in [1.807, 2.05) is 24.3 Å². The predicted octanol–water partition coefficient (Wildman–Crippen LogP) is 3.51. The van der Waals surface area contributed by atoms with E-state index in [2.05, 4.69) is 0 Å². The smallest absolute Gasteiger partial charge is 0.246 e. The average molecular weight is 481 g/mol. The van der Waals surface area contributed by atoms with Crippen LogP contribution in [0.4, 0.5) is 0 Å². The molecule has 3 rings (SSSR count). The number of methoxy groups -OCH3 is 4. The Kier molecular flexibility index (Phi) is 9.17. The third-order valence-corrected chi connectivity index (χ3v) is 5.77. The van der Waals surface area contributed by atoms with Gasteiger partial charge in [0.1, 0.15) is 0 Å². The normalized spacial score (nSPS) is 14.2. The average Bonchev–Trinajstić information content (AvgIpc) is 3.16. The van der Waals surface area contributed by atoms with Gasteiger partial charge in [-0.2, -0.15) is 0 Å². The Bertz CT molecular complexity index is 1010. The van der Waals surface area contributed by atoms with E-state index in [-0.39, 0.29) is 11.8 Å². The molecular formula is C27H32N2O6. The summed E-state index contributed by atoms with van der Waals surface area (Å²) in [5, 5.41) is 0. The molecule has 2 aromatic carbocycles. The number of ether oxygens (including phenoxy) is 4. The molecule has 1 fully saturated rings. The Morgan fingerprint density at radius 2 is 1.03 bits per heavy atom. The van der Waals surface area contributed by atoms with E-state index in [0.29, 0.717) is 55.6 Å². The molecule has 0 atom stereocenters.